The van der Waals surface area contributed by atoms with Gasteiger partial charge in [0.05, 0.1) is 21.9 Å². The predicted molar refractivity (Wildman–Crippen MR) is 90.0 cm³/mol. The van der Waals surface area contributed by atoms with Crippen LogP contribution in [0.4, 0.5) is 0 Å². The smallest absolute Gasteiger partial charge is 0.184 e. The molecule has 0 radical (unpaired) electrons. The van der Waals surface area contributed by atoms with Crippen LogP contribution in [0.15, 0.2) is 53.4 Å². The zero-order chi connectivity index (χ0) is 16.6. The minimum Gasteiger partial charge on any atom is -0.346 e. The van der Waals surface area contributed by atoms with E-state index in [1.165, 1.54) is 12.1 Å². The fraction of sp³-hybridized carbons (Fsp3) is 0.118. The monoisotopic (exact) mass is 344 g/mol. The third kappa shape index (κ3) is 2.72. The molecule has 0 bridgehead atoms. The van der Waals surface area contributed by atoms with Crippen molar-refractivity contribution in [3.05, 3.63) is 64.8 Å². The lowest BCUT2D eigenvalue weighted by molar-refractivity contribution is 0.593. The van der Waals surface area contributed by atoms with Gasteiger partial charge in [0.2, 0.25) is 0 Å². The Hall–Kier alpha value is -2.29. The molecule has 0 saturated carbocycles. The zero-order valence-corrected chi connectivity index (χ0v) is 13.9. The number of hydrogen-bond acceptors (Lipinski definition) is 3. The number of nitrogens with zero attached hydrogens (tertiary/aromatic N) is 2. The van der Waals surface area contributed by atoms with Crippen molar-refractivity contribution in [2.75, 3.05) is 0 Å². The molecule has 1 heterocycles. The molecule has 1 aromatic heterocycles. The number of hydrogen-bond donors (Lipinski definition) is 0. The number of halogens is 1. The molecule has 0 fully saturated rings. The SMILES string of the molecule is Cn1c(CS(=O)(=O)c2ccc(Cl)cc2)c(C#N)c2ccccc21. The van der Waals surface area contributed by atoms with Gasteiger partial charge in [0.1, 0.15) is 6.07 Å². The number of aromatic nitrogens is 1. The van der Waals surface area contributed by atoms with Crippen LogP contribution in [0.25, 0.3) is 10.9 Å². The number of para-hydroxylation sites is 1. The van der Waals surface area contributed by atoms with Gasteiger partial charge in [-0.05, 0) is 30.3 Å². The van der Waals surface area contributed by atoms with Crippen molar-refractivity contribution in [3.8, 4) is 6.07 Å². The third-order valence-corrected chi connectivity index (χ3v) is 5.74. The lowest BCUT2D eigenvalue weighted by atomic mass is 10.1. The summed E-state index contributed by atoms with van der Waals surface area (Å²) in [4.78, 5) is 0.191. The maximum absolute atomic E-state index is 12.6. The number of sulfone groups is 1. The van der Waals surface area contributed by atoms with Gasteiger partial charge in [0.15, 0.2) is 9.84 Å². The molecule has 0 aliphatic rings. The van der Waals surface area contributed by atoms with Gasteiger partial charge < -0.3 is 4.57 Å². The van der Waals surface area contributed by atoms with E-state index in [9.17, 15) is 13.7 Å². The number of fused-ring (bicyclic) bond motifs is 1. The van der Waals surface area contributed by atoms with E-state index in [0.717, 1.165) is 10.9 Å². The van der Waals surface area contributed by atoms with Crippen LogP contribution in [0.3, 0.4) is 0 Å². The van der Waals surface area contributed by atoms with E-state index in [1.807, 2.05) is 24.3 Å². The molecule has 0 amide bonds. The Bertz CT molecular complexity index is 1030. The molecule has 116 valence electrons. The molecule has 0 atom stereocenters. The normalized spacial score (nSPS) is 11.5. The Morgan fingerprint density at radius 2 is 1.78 bits per heavy atom. The first kappa shape index (κ1) is 15.6. The molecule has 23 heavy (non-hydrogen) atoms. The predicted octanol–water partition coefficient (Wildman–Crippen LogP) is 3.68. The highest BCUT2D eigenvalue weighted by Crippen LogP contribution is 2.28. The summed E-state index contributed by atoms with van der Waals surface area (Å²) in [6.45, 7) is 0. The van der Waals surface area contributed by atoms with Gasteiger partial charge in [0, 0.05) is 23.0 Å². The highest BCUT2D eigenvalue weighted by atomic mass is 35.5. The zero-order valence-electron chi connectivity index (χ0n) is 12.3. The van der Waals surface area contributed by atoms with E-state index < -0.39 is 9.84 Å². The molecular formula is C17H13ClN2O2S. The van der Waals surface area contributed by atoms with Gasteiger partial charge in [-0.2, -0.15) is 5.26 Å². The summed E-state index contributed by atoms with van der Waals surface area (Å²) in [5.41, 5.74) is 1.73. The highest BCUT2D eigenvalue weighted by Gasteiger charge is 2.22. The summed E-state index contributed by atoms with van der Waals surface area (Å²) in [5, 5.41) is 10.7. The van der Waals surface area contributed by atoms with Crippen LogP contribution in [-0.2, 0) is 22.6 Å². The fourth-order valence-corrected chi connectivity index (χ4v) is 4.19. The minimum absolute atomic E-state index is 0.191. The van der Waals surface area contributed by atoms with E-state index in [-0.39, 0.29) is 10.6 Å². The van der Waals surface area contributed by atoms with Crippen LogP contribution in [-0.4, -0.2) is 13.0 Å². The Morgan fingerprint density at radius 3 is 2.43 bits per heavy atom. The van der Waals surface area contributed by atoms with Crippen molar-refractivity contribution in [1.82, 2.24) is 4.57 Å². The maximum Gasteiger partial charge on any atom is 0.184 e. The summed E-state index contributed by atoms with van der Waals surface area (Å²) in [6, 6.07) is 15.6. The number of benzene rings is 2. The van der Waals surface area contributed by atoms with Crippen LogP contribution < -0.4 is 0 Å². The van der Waals surface area contributed by atoms with Gasteiger partial charge >= 0.3 is 0 Å². The van der Waals surface area contributed by atoms with Crippen LogP contribution in [0.1, 0.15) is 11.3 Å². The number of aryl methyl sites for hydroxylation is 1. The first-order valence-corrected chi connectivity index (χ1v) is 8.92. The summed E-state index contributed by atoms with van der Waals surface area (Å²) in [5.74, 6) is -0.233. The summed E-state index contributed by atoms with van der Waals surface area (Å²) >= 11 is 5.81. The number of rotatable bonds is 3. The van der Waals surface area contributed by atoms with Gasteiger partial charge in [-0.1, -0.05) is 29.8 Å². The van der Waals surface area contributed by atoms with Crippen molar-refractivity contribution in [3.63, 3.8) is 0 Å². The standard InChI is InChI=1S/C17H13ClN2O2S/c1-20-16-5-3-2-4-14(16)15(10-19)17(20)11-23(21,22)13-8-6-12(18)7-9-13/h2-9H,11H2,1H3. The summed E-state index contributed by atoms with van der Waals surface area (Å²) < 4.78 is 27.1. The molecular weight excluding hydrogens is 332 g/mol. The topological polar surface area (TPSA) is 62.9 Å². The summed E-state index contributed by atoms with van der Waals surface area (Å²) in [6.07, 6.45) is 0. The maximum atomic E-state index is 12.6. The van der Waals surface area contributed by atoms with Crippen molar-refractivity contribution in [2.45, 2.75) is 10.6 Å². The van der Waals surface area contributed by atoms with Crippen molar-refractivity contribution in [2.24, 2.45) is 7.05 Å². The quantitative estimate of drug-likeness (QED) is 0.728. The van der Waals surface area contributed by atoms with Gasteiger partial charge in [-0.25, -0.2) is 8.42 Å². The van der Waals surface area contributed by atoms with E-state index in [1.54, 1.807) is 23.7 Å². The van der Waals surface area contributed by atoms with Gasteiger partial charge in [-0.3, -0.25) is 0 Å². The van der Waals surface area contributed by atoms with Crippen LogP contribution >= 0.6 is 11.6 Å². The second-order valence-electron chi connectivity index (χ2n) is 5.22. The molecule has 0 spiro atoms. The fourth-order valence-electron chi connectivity index (χ4n) is 2.65. The molecule has 0 aliphatic carbocycles. The van der Waals surface area contributed by atoms with E-state index >= 15 is 0 Å². The van der Waals surface area contributed by atoms with Crippen LogP contribution in [0.2, 0.25) is 5.02 Å². The highest BCUT2D eigenvalue weighted by molar-refractivity contribution is 7.90. The average molecular weight is 345 g/mol. The molecule has 2 aromatic carbocycles. The molecule has 0 unspecified atom stereocenters. The molecule has 0 N–H and O–H groups in total. The first-order chi connectivity index (χ1) is 10.9. The van der Waals surface area contributed by atoms with Crippen LogP contribution in [0.5, 0.6) is 0 Å². The largest absolute Gasteiger partial charge is 0.346 e. The lowest BCUT2D eigenvalue weighted by Gasteiger charge is -2.07. The minimum atomic E-state index is -3.56. The van der Waals surface area contributed by atoms with Gasteiger partial charge in [0.25, 0.3) is 0 Å². The Kier molecular flexibility index (Phi) is 3.88. The first-order valence-electron chi connectivity index (χ1n) is 6.89. The van der Waals surface area contributed by atoms with Crippen LogP contribution in [0, 0.1) is 11.3 Å². The Labute approximate surface area is 139 Å². The van der Waals surface area contributed by atoms with E-state index in [0.29, 0.717) is 16.3 Å². The molecule has 6 heteroatoms. The van der Waals surface area contributed by atoms with Crippen molar-refractivity contribution in [1.29, 1.82) is 5.26 Å². The van der Waals surface area contributed by atoms with E-state index in [2.05, 4.69) is 6.07 Å². The Balaban J connectivity index is 2.13. The third-order valence-electron chi connectivity index (χ3n) is 3.84. The number of nitriles is 1. The lowest BCUT2D eigenvalue weighted by Crippen LogP contribution is -2.09. The van der Waals surface area contributed by atoms with Gasteiger partial charge in [-0.15, -0.1) is 0 Å². The molecule has 4 nitrogen and oxygen atoms in total. The second kappa shape index (κ2) is 5.73. The Morgan fingerprint density at radius 1 is 1.13 bits per heavy atom. The molecule has 3 aromatic rings. The summed E-state index contributed by atoms with van der Waals surface area (Å²) in [7, 11) is -1.79. The molecule has 3 rings (SSSR count). The average Bonchev–Trinajstić information content (AvgIpc) is 2.80. The van der Waals surface area contributed by atoms with Crippen molar-refractivity contribution < 1.29 is 8.42 Å². The second-order valence-corrected chi connectivity index (χ2v) is 7.65. The molecule has 0 saturated heterocycles. The van der Waals surface area contributed by atoms with E-state index in [4.69, 9.17) is 11.6 Å². The van der Waals surface area contributed by atoms with Crippen molar-refractivity contribution >= 4 is 32.3 Å². The molecule has 0 aliphatic heterocycles.